The third-order valence-corrected chi connectivity index (χ3v) is 5.96. The zero-order chi connectivity index (χ0) is 24.5. The molecule has 0 unspecified atom stereocenters. The van der Waals surface area contributed by atoms with Gasteiger partial charge in [0.1, 0.15) is 11.6 Å². The van der Waals surface area contributed by atoms with Gasteiger partial charge in [0, 0.05) is 23.6 Å². The number of aromatic nitrogens is 1. The van der Waals surface area contributed by atoms with Gasteiger partial charge in [0.2, 0.25) is 0 Å². The van der Waals surface area contributed by atoms with E-state index in [0.29, 0.717) is 16.9 Å². The Hall–Kier alpha value is -4.46. The minimum Gasteiger partial charge on any atom is -0.465 e. The Kier molecular flexibility index (Phi) is 5.78. The molecule has 176 valence electrons. The van der Waals surface area contributed by atoms with Crippen molar-refractivity contribution in [1.82, 2.24) is 9.47 Å². The Morgan fingerprint density at radius 3 is 2.49 bits per heavy atom. The highest BCUT2D eigenvalue weighted by Crippen LogP contribution is 2.37. The highest BCUT2D eigenvalue weighted by atomic mass is 19.1. The van der Waals surface area contributed by atoms with Gasteiger partial charge in [-0.15, -0.1) is 0 Å². The average molecular weight is 473 g/mol. The van der Waals surface area contributed by atoms with Crippen LogP contribution in [0, 0.1) is 11.6 Å². The molecule has 0 radical (unpaired) electrons. The molecule has 5 rings (SSSR count). The molecule has 0 saturated carbocycles. The summed E-state index contributed by atoms with van der Waals surface area (Å²) in [7, 11) is 1.28. The second-order valence-corrected chi connectivity index (χ2v) is 8.17. The maximum atomic E-state index is 14.3. The predicted octanol–water partition coefficient (Wildman–Crippen LogP) is 5.68. The molecule has 3 aromatic carbocycles. The Bertz CT molecular complexity index is 1410. The van der Waals surface area contributed by atoms with Gasteiger partial charge in [-0.05, 0) is 59.7 Å². The summed E-state index contributed by atoms with van der Waals surface area (Å²) in [4.78, 5) is 27.1. The number of halogens is 2. The van der Waals surface area contributed by atoms with Crippen LogP contribution < -0.4 is 5.32 Å². The molecule has 0 bridgehead atoms. The van der Waals surface area contributed by atoms with Crippen molar-refractivity contribution in [2.24, 2.45) is 0 Å². The number of carbonyl (C=O) groups is 2. The van der Waals surface area contributed by atoms with Gasteiger partial charge in [-0.25, -0.2) is 18.4 Å². The molecule has 2 heterocycles. The summed E-state index contributed by atoms with van der Waals surface area (Å²) in [5, 5.41) is 2.82. The molecule has 0 spiro atoms. The molecular weight excluding hydrogens is 452 g/mol. The van der Waals surface area contributed by atoms with E-state index in [0.717, 1.165) is 17.3 Å². The molecule has 1 aliphatic rings. The predicted molar refractivity (Wildman–Crippen MR) is 126 cm³/mol. The normalized spacial score (nSPS) is 14.5. The van der Waals surface area contributed by atoms with Gasteiger partial charge in [0.15, 0.2) is 0 Å². The number of esters is 1. The first-order valence-corrected chi connectivity index (χ1v) is 10.9. The van der Waals surface area contributed by atoms with Gasteiger partial charge < -0.3 is 19.5 Å². The van der Waals surface area contributed by atoms with Crippen molar-refractivity contribution in [1.29, 1.82) is 0 Å². The number of ether oxygens (including phenoxy) is 1. The molecule has 1 atom stereocenters. The van der Waals surface area contributed by atoms with Crippen LogP contribution in [0.4, 0.5) is 19.3 Å². The molecule has 1 N–H and O–H groups in total. The summed E-state index contributed by atoms with van der Waals surface area (Å²) in [6, 6.07) is 19.6. The standard InChI is InChI=1S/C27H21F2N3O3/c1-35-26(33)17-7-4-8-22(14-17)30-27(34)32-16-18-6-2-3-9-23(18)31-11-5-10-24(31)25(32)19-12-20(28)15-21(29)13-19/h2-15,25H,16H2,1H3,(H,30,34)/t25-/m0/s1. The fourth-order valence-electron chi connectivity index (χ4n) is 4.46. The van der Waals surface area contributed by atoms with Gasteiger partial charge in [-0.1, -0.05) is 24.3 Å². The molecular formula is C27H21F2N3O3. The smallest absolute Gasteiger partial charge is 0.337 e. The third-order valence-electron chi connectivity index (χ3n) is 5.96. The average Bonchev–Trinajstić information content (AvgIpc) is 3.27. The first kappa shape index (κ1) is 22.3. The number of para-hydroxylation sites is 1. The van der Waals surface area contributed by atoms with Gasteiger partial charge in [-0.3, -0.25) is 0 Å². The number of fused-ring (bicyclic) bond motifs is 3. The van der Waals surface area contributed by atoms with Crippen molar-refractivity contribution in [3.05, 3.63) is 119 Å². The highest BCUT2D eigenvalue weighted by molar-refractivity contribution is 5.94. The number of hydrogen-bond acceptors (Lipinski definition) is 3. The van der Waals surface area contributed by atoms with Crippen LogP contribution in [0.5, 0.6) is 0 Å². The van der Waals surface area contributed by atoms with Gasteiger partial charge >= 0.3 is 12.0 Å². The molecule has 0 saturated heterocycles. The van der Waals surface area contributed by atoms with E-state index in [1.165, 1.54) is 30.2 Å². The molecule has 1 aromatic heterocycles. The molecule has 2 amide bonds. The Balaban J connectivity index is 1.61. The summed E-state index contributed by atoms with van der Waals surface area (Å²) in [5.41, 5.74) is 3.38. The maximum absolute atomic E-state index is 14.3. The molecule has 4 aromatic rings. The number of carbonyl (C=O) groups excluding carboxylic acids is 2. The van der Waals surface area contributed by atoms with E-state index in [2.05, 4.69) is 5.32 Å². The fraction of sp³-hybridized carbons (Fsp3) is 0.111. The van der Waals surface area contributed by atoms with Crippen LogP contribution in [0.15, 0.2) is 85.1 Å². The van der Waals surface area contributed by atoms with Crippen molar-refractivity contribution >= 4 is 17.7 Å². The van der Waals surface area contributed by atoms with E-state index in [1.807, 2.05) is 47.2 Å². The van der Waals surface area contributed by atoms with Gasteiger partial charge in [0.05, 0.1) is 30.9 Å². The SMILES string of the molecule is COC(=O)c1cccc(NC(=O)N2Cc3ccccc3-n3cccc3[C@@H]2c2cc(F)cc(F)c2)c1. The third kappa shape index (κ3) is 4.26. The maximum Gasteiger partial charge on any atom is 0.337 e. The van der Waals surface area contributed by atoms with Gasteiger partial charge in [-0.2, -0.15) is 0 Å². The number of anilines is 1. The number of hydrogen-bond donors (Lipinski definition) is 1. The van der Waals surface area contributed by atoms with Crippen LogP contribution in [0.25, 0.3) is 5.69 Å². The number of urea groups is 1. The number of benzene rings is 3. The number of rotatable bonds is 3. The Morgan fingerprint density at radius 2 is 1.71 bits per heavy atom. The minimum atomic E-state index is -0.786. The fourth-order valence-corrected chi connectivity index (χ4v) is 4.46. The molecule has 35 heavy (non-hydrogen) atoms. The molecule has 8 heteroatoms. The summed E-state index contributed by atoms with van der Waals surface area (Å²) in [6.45, 7) is 0.184. The van der Waals surface area contributed by atoms with Crippen LogP contribution in [0.3, 0.4) is 0 Å². The van der Waals surface area contributed by atoms with Crippen LogP contribution >= 0.6 is 0 Å². The van der Waals surface area contributed by atoms with Gasteiger partial charge in [0.25, 0.3) is 0 Å². The van der Waals surface area contributed by atoms with E-state index in [4.69, 9.17) is 4.74 Å². The lowest BCUT2D eigenvalue weighted by atomic mass is 10.0. The zero-order valence-corrected chi connectivity index (χ0v) is 18.7. The molecule has 6 nitrogen and oxygen atoms in total. The number of nitrogens with zero attached hydrogens (tertiary/aromatic N) is 2. The number of amides is 2. The van der Waals surface area contributed by atoms with Crippen molar-refractivity contribution in [2.45, 2.75) is 12.6 Å². The first-order valence-electron chi connectivity index (χ1n) is 10.9. The van der Waals surface area contributed by atoms with E-state index in [9.17, 15) is 18.4 Å². The second-order valence-electron chi connectivity index (χ2n) is 8.17. The summed E-state index contributed by atoms with van der Waals surface area (Å²) in [5.74, 6) is -1.99. The second kappa shape index (κ2) is 9.06. The van der Waals surface area contributed by atoms with Crippen molar-refractivity contribution < 1.29 is 23.1 Å². The molecule has 0 aliphatic carbocycles. The van der Waals surface area contributed by atoms with Crippen molar-refractivity contribution in [3.63, 3.8) is 0 Å². The van der Waals surface area contributed by atoms with E-state index in [1.54, 1.807) is 18.2 Å². The van der Waals surface area contributed by atoms with Crippen LogP contribution in [0.2, 0.25) is 0 Å². The largest absolute Gasteiger partial charge is 0.465 e. The van der Waals surface area contributed by atoms with E-state index < -0.39 is 29.7 Å². The van der Waals surface area contributed by atoms with E-state index >= 15 is 0 Å². The van der Waals surface area contributed by atoms with Crippen molar-refractivity contribution in [3.8, 4) is 5.69 Å². The van der Waals surface area contributed by atoms with Crippen LogP contribution in [-0.2, 0) is 11.3 Å². The van der Waals surface area contributed by atoms with Crippen molar-refractivity contribution in [2.75, 3.05) is 12.4 Å². The monoisotopic (exact) mass is 473 g/mol. The van der Waals surface area contributed by atoms with E-state index in [-0.39, 0.29) is 12.1 Å². The lowest BCUT2D eigenvalue weighted by Crippen LogP contribution is -2.38. The Labute approximate surface area is 200 Å². The highest BCUT2D eigenvalue weighted by Gasteiger charge is 2.33. The summed E-state index contributed by atoms with van der Waals surface area (Å²) >= 11 is 0. The first-order chi connectivity index (χ1) is 16.9. The van der Waals surface area contributed by atoms with Crippen LogP contribution in [-0.4, -0.2) is 28.6 Å². The van der Waals surface area contributed by atoms with Crippen LogP contribution in [0.1, 0.15) is 33.2 Å². The molecule has 0 fully saturated rings. The Morgan fingerprint density at radius 1 is 0.943 bits per heavy atom. The molecule has 1 aliphatic heterocycles. The quantitative estimate of drug-likeness (QED) is 0.390. The zero-order valence-electron chi connectivity index (χ0n) is 18.7. The minimum absolute atomic E-state index is 0.184. The lowest BCUT2D eigenvalue weighted by molar-refractivity contribution is 0.0600. The lowest BCUT2D eigenvalue weighted by Gasteiger charge is -2.31. The summed E-state index contributed by atoms with van der Waals surface area (Å²) in [6.07, 6.45) is 1.86. The number of nitrogens with one attached hydrogen (secondary N) is 1. The summed E-state index contributed by atoms with van der Waals surface area (Å²) < 4.78 is 35.2. The number of methoxy groups -OCH3 is 1. The topological polar surface area (TPSA) is 63.6 Å².